The lowest BCUT2D eigenvalue weighted by molar-refractivity contribution is 0.0772. The standard InChI is InChI=1S/C22H30N4O/c1-5-25(6-2)22(27)19-15-23-20(18-12-10-16(3)11-13-18)24-21(19)26-14-8-7-9-17(26)4/h10-13,15,17H,5-9,14H2,1-4H3. The maximum absolute atomic E-state index is 13.1. The summed E-state index contributed by atoms with van der Waals surface area (Å²) in [6.07, 6.45) is 5.21. The number of nitrogens with zero attached hydrogens (tertiary/aromatic N) is 4. The molecule has 1 unspecified atom stereocenters. The van der Waals surface area contributed by atoms with Gasteiger partial charge in [0.05, 0.1) is 0 Å². The lowest BCUT2D eigenvalue weighted by Crippen LogP contribution is -2.40. The molecule has 0 bridgehead atoms. The van der Waals surface area contributed by atoms with Gasteiger partial charge in [-0.1, -0.05) is 29.8 Å². The molecule has 0 saturated carbocycles. The number of carbonyl (C=O) groups excluding carboxylic acids is 1. The summed E-state index contributed by atoms with van der Waals surface area (Å²) in [5, 5.41) is 0. The summed E-state index contributed by atoms with van der Waals surface area (Å²) in [4.78, 5) is 26.6. The predicted octanol–water partition coefficient (Wildman–Crippen LogP) is 4.31. The van der Waals surface area contributed by atoms with Crippen molar-refractivity contribution >= 4 is 11.7 Å². The molecular formula is C22H30N4O. The summed E-state index contributed by atoms with van der Waals surface area (Å²) >= 11 is 0. The third-order valence-electron chi connectivity index (χ3n) is 5.43. The van der Waals surface area contributed by atoms with Crippen molar-refractivity contribution in [1.29, 1.82) is 0 Å². The SMILES string of the molecule is CCN(CC)C(=O)c1cnc(-c2ccc(C)cc2)nc1N1CCCCC1C. The molecular weight excluding hydrogens is 336 g/mol. The first-order valence-electron chi connectivity index (χ1n) is 10.0. The summed E-state index contributed by atoms with van der Waals surface area (Å²) in [6, 6.07) is 8.59. The number of hydrogen-bond acceptors (Lipinski definition) is 4. The van der Waals surface area contributed by atoms with Crippen molar-refractivity contribution in [2.45, 2.75) is 53.0 Å². The molecule has 3 rings (SSSR count). The van der Waals surface area contributed by atoms with E-state index in [9.17, 15) is 4.79 Å². The molecule has 1 aliphatic heterocycles. The number of aromatic nitrogens is 2. The molecule has 1 amide bonds. The molecule has 27 heavy (non-hydrogen) atoms. The Hall–Kier alpha value is -2.43. The Balaban J connectivity index is 2.07. The number of amides is 1. The van der Waals surface area contributed by atoms with Crippen LogP contribution in [0.15, 0.2) is 30.5 Å². The quantitative estimate of drug-likeness (QED) is 0.791. The van der Waals surface area contributed by atoms with Gasteiger partial charge >= 0.3 is 0 Å². The number of rotatable bonds is 5. The highest BCUT2D eigenvalue weighted by Crippen LogP contribution is 2.29. The summed E-state index contributed by atoms with van der Waals surface area (Å²) in [5.41, 5.74) is 2.80. The van der Waals surface area contributed by atoms with Crippen molar-refractivity contribution in [3.8, 4) is 11.4 Å². The average molecular weight is 367 g/mol. The van der Waals surface area contributed by atoms with E-state index in [1.54, 1.807) is 6.20 Å². The van der Waals surface area contributed by atoms with Crippen LogP contribution in [0.25, 0.3) is 11.4 Å². The molecule has 0 spiro atoms. The topological polar surface area (TPSA) is 49.3 Å². The van der Waals surface area contributed by atoms with E-state index in [4.69, 9.17) is 4.98 Å². The van der Waals surface area contributed by atoms with E-state index in [0.29, 0.717) is 30.5 Å². The molecule has 2 aromatic rings. The molecule has 1 aromatic heterocycles. The Labute approximate surface area is 162 Å². The zero-order chi connectivity index (χ0) is 19.4. The molecule has 5 heteroatoms. The van der Waals surface area contributed by atoms with Gasteiger partial charge in [-0.05, 0) is 47.0 Å². The highest BCUT2D eigenvalue weighted by atomic mass is 16.2. The lowest BCUT2D eigenvalue weighted by Gasteiger charge is -2.36. The number of benzene rings is 1. The van der Waals surface area contributed by atoms with Crippen molar-refractivity contribution in [2.24, 2.45) is 0 Å². The maximum Gasteiger partial charge on any atom is 0.259 e. The zero-order valence-corrected chi connectivity index (χ0v) is 16.9. The van der Waals surface area contributed by atoms with Crippen LogP contribution in [0.2, 0.25) is 0 Å². The number of carbonyl (C=O) groups is 1. The first kappa shape index (κ1) is 19.3. The average Bonchev–Trinajstić information content (AvgIpc) is 2.69. The molecule has 1 saturated heterocycles. The van der Waals surface area contributed by atoms with Gasteiger partial charge in [0.15, 0.2) is 5.82 Å². The predicted molar refractivity (Wildman–Crippen MR) is 110 cm³/mol. The second-order valence-electron chi connectivity index (χ2n) is 7.31. The molecule has 144 valence electrons. The van der Waals surface area contributed by atoms with Crippen LogP contribution in [0.5, 0.6) is 0 Å². The summed E-state index contributed by atoms with van der Waals surface area (Å²) in [6.45, 7) is 10.6. The first-order chi connectivity index (χ1) is 13.0. The van der Waals surface area contributed by atoms with Crippen LogP contribution in [0.1, 0.15) is 56.0 Å². The van der Waals surface area contributed by atoms with Crippen LogP contribution in [0, 0.1) is 6.92 Å². The smallest absolute Gasteiger partial charge is 0.259 e. The van der Waals surface area contributed by atoms with E-state index in [0.717, 1.165) is 30.8 Å². The van der Waals surface area contributed by atoms with Crippen molar-refractivity contribution in [3.05, 3.63) is 41.6 Å². The number of aryl methyl sites for hydroxylation is 1. The number of anilines is 1. The van der Waals surface area contributed by atoms with E-state index >= 15 is 0 Å². The second-order valence-corrected chi connectivity index (χ2v) is 7.31. The van der Waals surface area contributed by atoms with Crippen LogP contribution < -0.4 is 4.90 Å². The first-order valence-corrected chi connectivity index (χ1v) is 10.0. The van der Waals surface area contributed by atoms with Gasteiger partial charge < -0.3 is 9.80 Å². The van der Waals surface area contributed by atoms with Gasteiger partial charge in [0.2, 0.25) is 0 Å². The van der Waals surface area contributed by atoms with Gasteiger partial charge in [-0.3, -0.25) is 4.79 Å². The van der Waals surface area contributed by atoms with E-state index in [-0.39, 0.29) is 5.91 Å². The Bertz CT molecular complexity index is 783. The third-order valence-corrected chi connectivity index (χ3v) is 5.43. The fraction of sp³-hybridized carbons (Fsp3) is 0.500. The van der Waals surface area contributed by atoms with Crippen molar-refractivity contribution in [2.75, 3.05) is 24.5 Å². The van der Waals surface area contributed by atoms with E-state index in [2.05, 4.69) is 35.9 Å². The van der Waals surface area contributed by atoms with Crippen LogP contribution in [0.4, 0.5) is 5.82 Å². The largest absolute Gasteiger partial charge is 0.353 e. The molecule has 0 aliphatic carbocycles. The minimum absolute atomic E-state index is 0.0169. The highest BCUT2D eigenvalue weighted by molar-refractivity contribution is 5.99. The molecule has 5 nitrogen and oxygen atoms in total. The van der Waals surface area contributed by atoms with E-state index in [1.165, 1.54) is 12.0 Å². The fourth-order valence-electron chi connectivity index (χ4n) is 3.68. The van der Waals surface area contributed by atoms with Gasteiger partial charge in [-0.25, -0.2) is 9.97 Å². The van der Waals surface area contributed by atoms with E-state index in [1.807, 2.05) is 30.9 Å². The molecule has 1 aromatic carbocycles. The van der Waals surface area contributed by atoms with Crippen LogP contribution in [-0.2, 0) is 0 Å². The molecule has 1 fully saturated rings. The molecule has 2 heterocycles. The van der Waals surface area contributed by atoms with Crippen molar-refractivity contribution in [3.63, 3.8) is 0 Å². The molecule has 1 aliphatic rings. The van der Waals surface area contributed by atoms with Gasteiger partial charge in [0, 0.05) is 37.4 Å². The summed E-state index contributed by atoms with van der Waals surface area (Å²) < 4.78 is 0. The monoisotopic (exact) mass is 366 g/mol. The normalized spacial score (nSPS) is 17.0. The van der Waals surface area contributed by atoms with Gasteiger partial charge in [0.1, 0.15) is 11.4 Å². The summed E-state index contributed by atoms with van der Waals surface area (Å²) in [7, 11) is 0. The Morgan fingerprint density at radius 1 is 1.19 bits per heavy atom. The van der Waals surface area contributed by atoms with Crippen molar-refractivity contribution in [1.82, 2.24) is 14.9 Å². The molecule has 0 N–H and O–H groups in total. The van der Waals surface area contributed by atoms with Crippen molar-refractivity contribution < 1.29 is 4.79 Å². The third kappa shape index (κ3) is 4.12. The lowest BCUT2D eigenvalue weighted by atomic mass is 10.0. The fourth-order valence-corrected chi connectivity index (χ4v) is 3.68. The van der Waals surface area contributed by atoms with E-state index < -0.39 is 0 Å². The van der Waals surface area contributed by atoms with Crippen LogP contribution in [0.3, 0.4) is 0 Å². The maximum atomic E-state index is 13.1. The highest BCUT2D eigenvalue weighted by Gasteiger charge is 2.27. The minimum Gasteiger partial charge on any atom is -0.353 e. The number of hydrogen-bond donors (Lipinski definition) is 0. The van der Waals surface area contributed by atoms with Gasteiger partial charge in [-0.2, -0.15) is 0 Å². The Kier molecular flexibility index (Phi) is 6.09. The minimum atomic E-state index is 0.0169. The Morgan fingerprint density at radius 2 is 1.89 bits per heavy atom. The molecule has 0 radical (unpaired) electrons. The Morgan fingerprint density at radius 3 is 2.52 bits per heavy atom. The van der Waals surface area contributed by atoms with Crippen LogP contribution in [-0.4, -0.2) is 46.5 Å². The molecule has 1 atom stereocenters. The zero-order valence-electron chi connectivity index (χ0n) is 16.9. The van der Waals surface area contributed by atoms with Gasteiger partial charge in [-0.15, -0.1) is 0 Å². The van der Waals surface area contributed by atoms with Gasteiger partial charge in [0.25, 0.3) is 5.91 Å². The van der Waals surface area contributed by atoms with Crippen LogP contribution >= 0.6 is 0 Å². The number of piperidine rings is 1. The summed E-state index contributed by atoms with van der Waals surface area (Å²) in [5.74, 6) is 1.48. The second kappa shape index (κ2) is 8.51.